The van der Waals surface area contributed by atoms with Crippen molar-refractivity contribution in [2.45, 2.75) is 6.04 Å². The van der Waals surface area contributed by atoms with Crippen molar-refractivity contribution in [3.05, 3.63) is 59.4 Å². The Kier molecular flexibility index (Phi) is 4.27. The zero-order chi connectivity index (χ0) is 15.5. The molecule has 1 aromatic carbocycles. The molecule has 3 aromatic rings. The second-order valence-corrected chi connectivity index (χ2v) is 6.44. The largest absolute Gasteiger partial charge is 0.468 e. The molecule has 1 atom stereocenters. The molecule has 1 unspecified atom stereocenters. The average molecular weight is 314 g/mol. The highest BCUT2D eigenvalue weighted by Crippen LogP contribution is 2.25. The number of thiophene rings is 1. The summed E-state index contributed by atoms with van der Waals surface area (Å²) in [5, 5.41) is 4.10. The Morgan fingerprint density at radius 3 is 2.77 bits per heavy atom. The maximum absolute atomic E-state index is 12.4. The molecule has 2 aromatic heterocycles. The Bertz CT molecular complexity index is 729. The molecule has 2 heterocycles. The number of carbonyl (C=O) groups is 1. The van der Waals surface area contributed by atoms with Crippen molar-refractivity contribution in [1.82, 2.24) is 10.2 Å². The zero-order valence-corrected chi connectivity index (χ0v) is 13.4. The van der Waals surface area contributed by atoms with E-state index in [9.17, 15) is 4.79 Å². The molecule has 0 aliphatic rings. The van der Waals surface area contributed by atoms with Crippen LogP contribution in [0.5, 0.6) is 0 Å². The van der Waals surface area contributed by atoms with Crippen LogP contribution in [0, 0.1) is 0 Å². The lowest BCUT2D eigenvalue weighted by atomic mass is 10.2. The second-order valence-electron chi connectivity index (χ2n) is 5.35. The second kappa shape index (κ2) is 6.34. The minimum absolute atomic E-state index is 0.0216. The number of rotatable bonds is 5. The van der Waals surface area contributed by atoms with Crippen molar-refractivity contribution in [2.75, 3.05) is 20.6 Å². The lowest BCUT2D eigenvalue weighted by Gasteiger charge is -2.22. The first kappa shape index (κ1) is 14.8. The maximum atomic E-state index is 12.4. The first-order chi connectivity index (χ1) is 10.6. The third kappa shape index (κ3) is 3.05. The van der Waals surface area contributed by atoms with Gasteiger partial charge < -0.3 is 9.73 Å². The Hall–Kier alpha value is -2.11. The van der Waals surface area contributed by atoms with Crippen LogP contribution in [0.15, 0.2) is 53.1 Å². The summed E-state index contributed by atoms with van der Waals surface area (Å²) in [5.74, 6) is 0.807. The summed E-state index contributed by atoms with van der Waals surface area (Å²) in [6.07, 6.45) is 1.65. The fourth-order valence-electron chi connectivity index (χ4n) is 2.39. The molecule has 0 radical (unpaired) electrons. The molecule has 4 nitrogen and oxygen atoms in total. The van der Waals surface area contributed by atoms with Crippen LogP contribution in [0.2, 0.25) is 0 Å². The zero-order valence-electron chi connectivity index (χ0n) is 12.6. The van der Waals surface area contributed by atoms with Gasteiger partial charge in [-0.15, -0.1) is 11.3 Å². The van der Waals surface area contributed by atoms with E-state index < -0.39 is 0 Å². The van der Waals surface area contributed by atoms with E-state index in [2.05, 4.69) is 5.32 Å². The van der Waals surface area contributed by atoms with Crippen molar-refractivity contribution in [1.29, 1.82) is 0 Å². The van der Waals surface area contributed by atoms with E-state index in [0.717, 1.165) is 20.7 Å². The summed E-state index contributed by atoms with van der Waals surface area (Å²) in [7, 11) is 3.94. The molecule has 3 rings (SSSR count). The smallest absolute Gasteiger partial charge is 0.261 e. The molecule has 0 saturated heterocycles. The van der Waals surface area contributed by atoms with E-state index in [1.54, 1.807) is 6.26 Å². The maximum Gasteiger partial charge on any atom is 0.261 e. The number of nitrogens with one attached hydrogen (secondary N) is 1. The first-order valence-corrected chi connectivity index (χ1v) is 7.93. The third-order valence-electron chi connectivity index (χ3n) is 3.60. The van der Waals surface area contributed by atoms with Crippen molar-refractivity contribution in [3.63, 3.8) is 0 Å². The van der Waals surface area contributed by atoms with E-state index >= 15 is 0 Å². The predicted octanol–water partition coefficient (Wildman–Crippen LogP) is 3.53. The summed E-state index contributed by atoms with van der Waals surface area (Å²) < 4.78 is 6.58. The molecule has 114 valence electrons. The minimum atomic E-state index is -0.0420. The molecule has 0 saturated carbocycles. The van der Waals surface area contributed by atoms with Crippen molar-refractivity contribution < 1.29 is 9.21 Å². The van der Waals surface area contributed by atoms with Gasteiger partial charge in [-0.1, -0.05) is 18.2 Å². The summed E-state index contributed by atoms with van der Waals surface area (Å²) in [4.78, 5) is 15.1. The molecular weight excluding hydrogens is 296 g/mol. The average Bonchev–Trinajstić information content (AvgIpc) is 3.16. The van der Waals surface area contributed by atoms with Crippen LogP contribution in [-0.4, -0.2) is 31.4 Å². The van der Waals surface area contributed by atoms with Gasteiger partial charge in [-0.05, 0) is 43.7 Å². The molecule has 0 fully saturated rings. The summed E-state index contributed by atoms with van der Waals surface area (Å²) in [6, 6.07) is 13.8. The Morgan fingerprint density at radius 2 is 2.09 bits per heavy atom. The van der Waals surface area contributed by atoms with Crippen LogP contribution in [0.4, 0.5) is 0 Å². The fraction of sp³-hybridized carbons (Fsp3) is 0.235. The van der Waals surface area contributed by atoms with Crippen molar-refractivity contribution in [3.8, 4) is 0 Å². The molecule has 1 N–H and O–H groups in total. The number of nitrogens with zero attached hydrogens (tertiary/aromatic N) is 1. The fourth-order valence-corrected chi connectivity index (χ4v) is 3.37. The predicted molar refractivity (Wildman–Crippen MR) is 89.3 cm³/mol. The number of hydrogen-bond donors (Lipinski definition) is 1. The lowest BCUT2D eigenvalue weighted by molar-refractivity contribution is 0.0943. The van der Waals surface area contributed by atoms with Crippen LogP contribution >= 0.6 is 11.3 Å². The molecule has 22 heavy (non-hydrogen) atoms. The van der Waals surface area contributed by atoms with E-state index in [4.69, 9.17) is 4.42 Å². The standard InChI is InChI=1S/C17H18N2O2S/c1-19(2)13(14-7-5-9-21-14)11-18-17(20)16-10-12-6-3-4-8-15(12)22-16/h3-10,13H,11H2,1-2H3,(H,18,20). The topological polar surface area (TPSA) is 45.5 Å². The van der Waals surface area contributed by atoms with E-state index in [1.807, 2.05) is 61.5 Å². The van der Waals surface area contributed by atoms with Gasteiger partial charge in [0.25, 0.3) is 5.91 Å². The number of fused-ring (bicyclic) bond motifs is 1. The van der Waals surface area contributed by atoms with Gasteiger partial charge in [-0.3, -0.25) is 9.69 Å². The number of furan rings is 1. The third-order valence-corrected chi connectivity index (χ3v) is 4.72. The number of benzene rings is 1. The monoisotopic (exact) mass is 314 g/mol. The quantitative estimate of drug-likeness (QED) is 0.783. The summed E-state index contributed by atoms with van der Waals surface area (Å²) in [6.45, 7) is 0.508. The Morgan fingerprint density at radius 1 is 1.27 bits per heavy atom. The molecule has 0 aliphatic carbocycles. The van der Waals surface area contributed by atoms with Crippen LogP contribution in [0.25, 0.3) is 10.1 Å². The molecule has 1 amide bonds. The Labute approximate surface area is 133 Å². The van der Waals surface area contributed by atoms with Crippen LogP contribution < -0.4 is 5.32 Å². The normalized spacial score (nSPS) is 12.7. The highest BCUT2D eigenvalue weighted by molar-refractivity contribution is 7.20. The number of amides is 1. The van der Waals surface area contributed by atoms with Gasteiger partial charge in [0, 0.05) is 11.2 Å². The Balaban J connectivity index is 1.71. The molecule has 0 bridgehead atoms. The van der Waals surface area contributed by atoms with E-state index in [0.29, 0.717) is 6.54 Å². The first-order valence-electron chi connectivity index (χ1n) is 7.12. The van der Waals surface area contributed by atoms with E-state index in [-0.39, 0.29) is 11.9 Å². The number of hydrogen-bond acceptors (Lipinski definition) is 4. The molecule has 0 aliphatic heterocycles. The molecular formula is C17H18N2O2S. The van der Waals surface area contributed by atoms with Gasteiger partial charge in [0.15, 0.2) is 0 Å². The molecule has 5 heteroatoms. The van der Waals surface area contributed by atoms with Gasteiger partial charge in [0.1, 0.15) is 5.76 Å². The lowest BCUT2D eigenvalue weighted by Crippen LogP contribution is -2.34. The highest BCUT2D eigenvalue weighted by atomic mass is 32.1. The highest BCUT2D eigenvalue weighted by Gasteiger charge is 2.19. The number of likely N-dealkylation sites (N-methyl/N-ethyl adjacent to an activating group) is 1. The van der Waals surface area contributed by atoms with E-state index in [1.165, 1.54) is 11.3 Å². The van der Waals surface area contributed by atoms with Gasteiger partial charge in [-0.25, -0.2) is 0 Å². The SMILES string of the molecule is CN(C)C(CNC(=O)c1cc2ccccc2s1)c1ccco1. The molecule has 0 spiro atoms. The van der Waals surface area contributed by atoms with Crippen LogP contribution in [0.3, 0.4) is 0 Å². The van der Waals surface area contributed by atoms with Crippen LogP contribution in [-0.2, 0) is 0 Å². The summed E-state index contributed by atoms with van der Waals surface area (Å²) in [5.41, 5.74) is 0. The van der Waals surface area contributed by atoms with Gasteiger partial charge >= 0.3 is 0 Å². The minimum Gasteiger partial charge on any atom is -0.468 e. The van der Waals surface area contributed by atoms with Crippen molar-refractivity contribution >= 4 is 27.3 Å². The van der Waals surface area contributed by atoms with Gasteiger partial charge in [0.05, 0.1) is 17.2 Å². The van der Waals surface area contributed by atoms with Crippen molar-refractivity contribution in [2.24, 2.45) is 0 Å². The van der Waals surface area contributed by atoms with Gasteiger partial charge in [-0.2, -0.15) is 0 Å². The number of carbonyl (C=O) groups excluding carboxylic acids is 1. The van der Waals surface area contributed by atoms with Crippen LogP contribution in [0.1, 0.15) is 21.5 Å². The summed E-state index contributed by atoms with van der Waals surface area (Å²) >= 11 is 1.51. The van der Waals surface area contributed by atoms with Gasteiger partial charge in [0.2, 0.25) is 0 Å².